The van der Waals surface area contributed by atoms with Crippen LogP contribution in [0.25, 0.3) is 0 Å². The van der Waals surface area contributed by atoms with Crippen LogP contribution >= 0.6 is 11.6 Å². The van der Waals surface area contributed by atoms with Crippen LogP contribution in [-0.2, 0) is 14.3 Å². The smallest absolute Gasteiger partial charge is 0.306 e. The summed E-state index contributed by atoms with van der Waals surface area (Å²) >= 11 is 5.79. The average Bonchev–Trinajstić information content (AvgIpc) is 3.01. The van der Waals surface area contributed by atoms with Crippen molar-refractivity contribution >= 4 is 29.2 Å². The fraction of sp³-hybridized carbons (Fsp3) is 0.529. The summed E-state index contributed by atoms with van der Waals surface area (Å²) in [7, 11) is 0. The molecule has 0 bridgehead atoms. The van der Waals surface area contributed by atoms with Gasteiger partial charge in [-0.1, -0.05) is 37.3 Å². The summed E-state index contributed by atoms with van der Waals surface area (Å²) < 4.78 is 5.19. The Balaban J connectivity index is 1.72. The van der Waals surface area contributed by atoms with E-state index in [-0.39, 0.29) is 11.9 Å². The third-order valence-corrected chi connectivity index (χ3v) is 4.27. The molecule has 0 saturated heterocycles. The summed E-state index contributed by atoms with van der Waals surface area (Å²) in [5.74, 6) is 0.00736. The van der Waals surface area contributed by atoms with Crippen molar-refractivity contribution in [3.8, 4) is 0 Å². The molecule has 1 amide bonds. The Labute approximate surface area is 136 Å². The molecular weight excluding hydrogens is 302 g/mol. The van der Waals surface area contributed by atoms with Crippen LogP contribution in [0.3, 0.4) is 0 Å². The minimum atomic E-state index is -0.799. The molecule has 4 nitrogen and oxygen atoms in total. The SMILES string of the molecule is C[C@@H](OC(=O)CCC1CCCC1)C(=O)Nc1ccc(Cl)cc1. The molecule has 1 aromatic carbocycles. The maximum Gasteiger partial charge on any atom is 0.306 e. The first-order valence-corrected chi connectivity index (χ1v) is 8.18. The Bertz CT molecular complexity index is 509. The van der Waals surface area contributed by atoms with Crippen LogP contribution in [0, 0.1) is 5.92 Å². The van der Waals surface area contributed by atoms with E-state index in [0.29, 0.717) is 23.0 Å². The van der Waals surface area contributed by atoms with E-state index in [1.54, 1.807) is 31.2 Å². The number of anilines is 1. The topological polar surface area (TPSA) is 55.4 Å². The lowest BCUT2D eigenvalue weighted by atomic mass is 10.0. The Hall–Kier alpha value is -1.55. The van der Waals surface area contributed by atoms with Gasteiger partial charge in [0, 0.05) is 17.1 Å². The van der Waals surface area contributed by atoms with Crippen molar-refractivity contribution in [2.45, 2.75) is 51.6 Å². The van der Waals surface area contributed by atoms with Crippen LogP contribution in [0.4, 0.5) is 5.69 Å². The maximum absolute atomic E-state index is 12.0. The van der Waals surface area contributed by atoms with Crippen molar-refractivity contribution < 1.29 is 14.3 Å². The van der Waals surface area contributed by atoms with Gasteiger partial charge in [-0.3, -0.25) is 9.59 Å². The molecule has 0 heterocycles. The molecule has 0 aromatic heterocycles. The molecule has 0 unspecified atom stereocenters. The highest BCUT2D eigenvalue weighted by Gasteiger charge is 2.20. The second-order valence-corrected chi connectivity index (χ2v) is 6.25. The van der Waals surface area contributed by atoms with Crippen molar-refractivity contribution in [2.75, 3.05) is 5.32 Å². The molecule has 0 radical (unpaired) electrons. The van der Waals surface area contributed by atoms with Crippen LogP contribution in [0.2, 0.25) is 5.02 Å². The summed E-state index contributed by atoms with van der Waals surface area (Å²) in [5.41, 5.74) is 0.628. The number of rotatable bonds is 6. The van der Waals surface area contributed by atoms with E-state index in [1.165, 1.54) is 25.7 Å². The zero-order valence-corrected chi connectivity index (χ0v) is 13.6. The van der Waals surface area contributed by atoms with Gasteiger partial charge in [-0.25, -0.2) is 0 Å². The maximum atomic E-state index is 12.0. The lowest BCUT2D eigenvalue weighted by molar-refractivity contribution is -0.153. The average molecular weight is 324 g/mol. The van der Waals surface area contributed by atoms with Gasteiger partial charge < -0.3 is 10.1 Å². The van der Waals surface area contributed by atoms with E-state index >= 15 is 0 Å². The highest BCUT2D eigenvalue weighted by molar-refractivity contribution is 6.30. The highest BCUT2D eigenvalue weighted by atomic mass is 35.5. The summed E-state index contributed by atoms with van der Waals surface area (Å²) in [6, 6.07) is 6.79. The summed E-state index contributed by atoms with van der Waals surface area (Å²) in [6.07, 6.45) is 5.40. The molecule has 1 fully saturated rings. The second-order valence-electron chi connectivity index (χ2n) is 5.82. The van der Waals surface area contributed by atoms with Crippen molar-refractivity contribution in [2.24, 2.45) is 5.92 Å². The van der Waals surface area contributed by atoms with Crippen LogP contribution in [-0.4, -0.2) is 18.0 Å². The second kappa shape index (κ2) is 8.18. The predicted molar refractivity (Wildman–Crippen MR) is 86.8 cm³/mol. The molecule has 1 saturated carbocycles. The summed E-state index contributed by atoms with van der Waals surface area (Å²) in [5, 5.41) is 3.30. The van der Waals surface area contributed by atoms with Gasteiger partial charge in [0.2, 0.25) is 0 Å². The molecule has 1 N–H and O–H groups in total. The Morgan fingerprint density at radius 1 is 1.27 bits per heavy atom. The van der Waals surface area contributed by atoms with Crippen molar-refractivity contribution in [1.29, 1.82) is 0 Å². The van der Waals surface area contributed by atoms with Crippen LogP contribution in [0.1, 0.15) is 45.4 Å². The van der Waals surface area contributed by atoms with Gasteiger partial charge in [-0.15, -0.1) is 0 Å². The molecule has 120 valence electrons. The number of carbonyl (C=O) groups excluding carboxylic acids is 2. The van der Waals surface area contributed by atoms with Gasteiger partial charge >= 0.3 is 5.97 Å². The van der Waals surface area contributed by atoms with E-state index in [4.69, 9.17) is 16.3 Å². The lowest BCUT2D eigenvalue weighted by Gasteiger charge is -2.14. The molecule has 5 heteroatoms. The van der Waals surface area contributed by atoms with Crippen molar-refractivity contribution in [3.63, 3.8) is 0 Å². The Morgan fingerprint density at radius 2 is 1.91 bits per heavy atom. The van der Waals surface area contributed by atoms with Gasteiger partial charge in [0.25, 0.3) is 5.91 Å². The summed E-state index contributed by atoms with van der Waals surface area (Å²) in [6.45, 7) is 1.58. The molecule has 1 atom stereocenters. The van der Waals surface area contributed by atoms with E-state index < -0.39 is 6.10 Å². The molecule has 0 aliphatic heterocycles. The number of ether oxygens (including phenoxy) is 1. The van der Waals surface area contributed by atoms with Gasteiger partial charge in [-0.05, 0) is 43.5 Å². The van der Waals surface area contributed by atoms with Crippen LogP contribution in [0.15, 0.2) is 24.3 Å². The first-order chi connectivity index (χ1) is 10.5. The molecule has 2 rings (SSSR count). The first-order valence-electron chi connectivity index (χ1n) is 7.80. The lowest BCUT2D eigenvalue weighted by Crippen LogP contribution is -2.30. The van der Waals surface area contributed by atoms with Crippen LogP contribution in [0.5, 0.6) is 0 Å². The number of esters is 1. The van der Waals surface area contributed by atoms with E-state index in [1.807, 2.05) is 0 Å². The standard InChI is InChI=1S/C17H22ClNO3/c1-12(17(21)19-15-9-7-14(18)8-10-15)22-16(20)11-6-13-4-2-3-5-13/h7-10,12-13H,2-6,11H2,1H3,(H,19,21)/t12-/m1/s1. The van der Waals surface area contributed by atoms with E-state index in [2.05, 4.69) is 5.32 Å². The molecule has 0 spiro atoms. The fourth-order valence-electron chi connectivity index (χ4n) is 2.71. The molecule has 22 heavy (non-hydrogen) atoms. The number of hydrogen-bond donors (Lipinski definition) is 1. The quantitative estimate of drug-likeness (QED) is 0.799. The number of hydrogen-bond acceptors (Lipinski definition) is 3. The van der Waals surface area contributed by atoms with Gasteiger partial charge in [0.05, 0.1) is 0 Å². The number of carbonyl (C=O) groups is 2. The fourth-order valence-corrected chi connectivity index (χ4v) is 2.83. The minimum absolute atomic E-state index is 0.300. The van der Waals surface area contributed by atoms with E-state index in [9.17, 15) is 9.59 Å². The largest absolute Gasteiger partial charge is 0.453 e. The van der Waals surface area contributed by atoms with Crippen molar-refractivity contribution in [1.82, 2.24) is 0 Å². The van der Waals surface area contributed by atoms with Gasteiger partial charge in [0.15, 0.2) is 6.10 Å². The molecular formula is C17H22ClNO3. The summed E-state index contributed by atoms with van der Waals surface area (Å²) in [4.78, 5) is 23.8. The van der Waals surface area contributed by atoms with Crippen molar-refractivity contribution in [3.05, 3.63) is 29.3 Å². The Morgan fingerprint density at radius 3 is 2.55 bits per heavy atom. The monoisotopic (exact) mass is 323 g/mol. The molecule has 1 aliphatic rings. The number of nitrogens with one attached hydrogen (secondary N) is 1. The Kier molecular flexibility index (Phi) is 6.25. The minimum Gasteiger partial charge on any atom is -0.453 e. The molecule has 1 aromatic rings. The first kappa shape index (κ1) is 16.8. The molecule has 1 aliphatic carbocycles. The van der Waals surface area contributed by atoms with Crippen LogP contribution < -0.4 is 5.32 Å². The number of amides is 1. The predicted octanol–water partition coefficient (Wildman–Crippen LogP) is 4.18. The zero-order chi connectivity index (χ0) is 15.9. The zero-order valence-electron chi connectivity index (χ0n) is 12.8. The van der Waals surface area contributed by atoms with E-state index in [0.717, 1.165) is 6.42 Å². The van der Waals surface area contributed by atoms with Gasteiger partial charge in [0.1, 0.15) is 0 Å². The number of halogens is 1. The number of benzene rings is 1. The van der Waals surface area contributed by atoms with Gasteiger partial charge in [-0.2, -0.15) is 0 Å². The highest BCUT2D eigenvalue weighted by Crippen LogP contribution is 2.28. The normalized spacial score (nSPS) is 16.3. The third-order valence-electron chi connectivity index (χ3n) is 4.02. The third kappa shape index (κ3) is 5.34.